The van der Waals surface area contributed by atoms with Gasteiger partial charge < -0.3 is 19.1 Å². The SMILES string of the molecule is CCN(C(=O)c1cc(F)ccc1-n1c2c(c3c(Cl)cncc31)CC1(CC2)CN([C@H](CCCN(C)CCOC)C(C)C)C1)C(C)C. The maximum atomic E-state index is 14.7. The van der Waals surface area contributed by atoms with Crippen molar-refractivity contribution in [2.24, 2.45) is 11.3 Å². The molecule has 0 unspecified atom stereocenters. The quantitative estimate of drug-likeness (QED) is 0.205. The van der Waals surface area contributed by atoms with Gasteiger partial charge in [-0.05, 0) is 96.1 Å². The average molecular weight is 640 g/mol. The minimum absolute atomic E-state index is 0.00213. The normalized spacial score (nSPS) is 17.0. The van der Waals surface area contributed by atoms with Gasteiger partial charge in [-0.2, -0.15) is 0 Å². The lowest BCUT2D eigenvalue weighted by Crippen LogP contribution is -2.62. The highest BCUT2D eigenvalue weighted by Crippen LogP contribution is 2.49. The minimum atomic E-state index is -0.418. The third-order valence-corrected chi connectivity index (χ3v) is 10.5. The summed E-state index contributed by atoms with van der Waals surface area (Å²) >= 11 is 6.89. The van der Waals surface area contributed by atoms with Crippen LogP contribution in [0, 0.1) is 17.2 Å². The van der Waals surface area contributed by atoms with Crippen molar-refractivity contribution >= 4 is 28.4 Å². The molecule has 1 spiro atoms. The van der Waals surface area contributed by atoms with Gasteiger partial charge in [-0.15, -0.1) is 0 Å². The van der Waals surface area contributed by atoms with Gasteiger partial charge in [0.25, 0.3) is 5.91 Å². The van der Waals surface area contributed by atoms with Gasteiger partial charge in [0.2, 0.25) is 0 Å². The lowest BCUT2D eigenvalue weighted by molar-refractivity contribution is -0.0557. The summed E-state index contributed by atoms with van der Waals surface area (Å²) in [6.07, 6.45) is 8.81. The number of benzene rings is 1. The Hall–Kier alpha value is -2.52. The summed E-state index contributed by atoms with van der Waals surface area (Å²) in [6.45, 7) is 16.2. The lowest BCUT2D eigenvalue weighted by atomic mass is 9.66. The van der Waals surface area contributed by atoms with Gasteiger partial charge in [0, 0.05) is 68.1 Å². The molecule has 9 heteroatoms. The van der Waals surface area contributed by atoms with Gasteiger partial charge in [-0.1, -0.05) is 25.4 Å². The number of rotatable bonds is 13. The first-order valence-electron chi connectivity index (χ1n) is 16.7. The number of carbonyl (C=O) groups is 1. The number of pyridine rings is 1. The zero-order valence-corrected chi connectivity index (χ0v) is 29.0. The summed E-state index contributed by atoms with van der Waals surface area (Å²) in [5.74, 6) is 0.00790. The van der Waals surface area contributed by atoms with E-state index in [2.05, 4.69) is 40.2 Å². The van der Waals surface area contributed by atoms with E-state index in [1.165, 1.54) is 30.5 Å². The Bertz CT molecular complexity index is 1500. The zero-order valence-electron chi connectivity index (χ0n) is 28.2. The van der Waals surface area contributed by atoms with E-state index in [0.717, 1.165) is 68.6 Å². The molecule has 3 aromatic rings. The van der Waals surface area contributed by atoms with E-state index in [9.17, 15) is 9.18 Å². The number of amides is 1. The average Bonchev–Trinajstić information content (AvgIpc) is 3.31. The first-order valence-corrected chi connectivity index (χ1v) is 17.1. The highest BCUT2D eigenvalue weighted by Gasteiger charge is 2.48. The van der Waals surface area contributed by atoms with Crippen molar-refractivity contribution in [2.75, 3.05) is 53.5 Å². The zero-order chi connectivity index (χ0) is 32.5. The second-order valence-electron chi connectivity index (χ2n) is 14.0. The van der Waals surface area contributed by atoms with E-state index < -0.39 is 5.82 Å². The number of likely N-dealkylation sites (tertiary alicyclic amines) is 1. The van der Waals surface area contributed by atoms with Crippen LogP contribution in [0.4, 0.5) is 4.39 Å². The molecule has 3 heterocycles. The fourth-order valence-corrected chi connectivity index (χ4v) is 8.12. The highest BCUT2D eigenvalue weighted by atomic mass is 35.5. The molecule has 1 aliphatic carbocycles. The number of aromatic nitrogens is 2. The largest absolute Gasteiger partial charge is 0.383 e. The number of ether oxygens (including phenoxy) is 1. The third kappa shape index (κ3) is 6.80. The maximum Gasteiger partial charge on any atom is 0.256 e. The topological polar surface area (TPSA) is 53.8 Å². The molecule has 246 valence electrons. The van der Waals surface area contributed by atoms with Crippen molar-refractivity contribution in [3.63, 3.8) is 0 Å². The molecule has 1 fully saturated rings. The van der Waals surface area contributed by atoms with Crippen molar-refractivity contribution in [3.05, 3.63) is 58.3 Å². The molecule has 0 radical (unpaired) electrons. The standard InChI is InChI=1S/C36H51ClFN5O2/c1-8-42(25(4)5)35(44)27-18-26(38)11-12-31(27)43-32-13-14-36(19-28(32)34-29(37)20-39-21-33(34)43)22-41(23-36)30(24(2)3)10-9-15-40(6)16-17-45-7/h11-12,18,20-21,24-25,30H,8-10,13-17,19,22-23H2,1-7H3/t30-/m1/s1. The van der Waals surface area contributed by atoms with E-state index >= 15 is 0 Å². The van der Waals surface area contributed by atoms with Crippen LogP contribution in [0.25, 0.3) is 16.6 Å². The molecule has 5 rings (SSSR count). The predicted octanol–water partition coefficient (Wildman–Crippen LogP) is 6.86. The van der Waals surface area contributed by atoms with Crippen LogP contribution >= 0.6 is 11.6 Å². The van der Waals surface area contributed by atoms with Gasteiger partial charge in [-0.3, -0.25) is 14.7 Å². The summed E-state index contributed by atoms with van der Waals surface area (Å²) in [6, 6.07) is 5.14. The Morgan fingerprint density at radius 2 is 1.93 bits per heavy atom. The van der Waals surface area contributed by atoms with Gasteiger partial charge in [0.15, 0.2) is 0 Å². The smallest absolute Gasteiger partial charge is 0.256 e. The molecule has 1 amide bonds. The van der Waals surface area contributed by atoms with Crippen LogP contribution in [-0.4, -0.2) is 95.7 Å². The molecule has 1 saturated heterocycles. The maximum absolute atomic E-state index is 14.7. The summed E-state index contributed by atoms with van der Waals surface area (Å²) in [7, 11) is 3.93. The number of carbonyl (C=O) groups excluding carboxylic acids is 1. The Balaban J connectivity index is 1.43. The fourth-order valence-electron chi connectivity index (χ4n) is 7.85. The Labute approximate surface area is 273 Å². The Morgan fingerprint density at radius 3 is 2.60 bits per heavy atom. The molecule has 0 saturated carbocycles. The molecular weight excluding hydrogens is 589 g/mol. The number of hydrogen-bond acceptors (Lipinski definition) is 5. The second-order valence-corrected chi connectivity index (χ2v) is 14.4. The van der Waals surface area contributed by atoms with Gasteiger partial charge in [0.1, 0.15) is 5.82 Å². The Kier molecular flexibility index (Phi) is 10.6. The molecule has 2 aromatic heterocycles. The van der Waals surface area contributed by atoms with Gasteiger partial charge in [0.05, 0.1) is 34.6 Å². The number of methoxy groups -OCH3 is 1. The van der Waals surface area contributed by atoms with E-state index in [1.807, 2.05) is 27.0 Å². The van der Waals surface area contributed by atoms with Crippen LogP contribution in [-0.2, 0) is 17.6 Å². The number of likely N-dealkylation sites (N-methyl/N-ethyl adjacent to an activating group) is 1. The van der Waals surface area contributed by atoms with Crippen molar-refractivity contribution in [1.29, 1.82) is 0 Å². The van der Waals surface area contributed by atoms with Crippen LogP contribution in [0.5, 0.6) is 0 Å². The number of hydrogen-bond donors (Lipinski definition) is 0. The van der Waals surface area contributed by atoms with Gasteiger partial charge >= 0.3 is 0 Å². The number of nitrogens with zero attached hydrogens (tertiary/aromatic N) is 5. The third-order valence-electron chi connectivity index (χ3n) is 10.2. The van der Waals surface area contributed by atoms with E-state index in [-0.39, 0.29) is 17.4 Å². The lowest BCUT2D eigenvalue weighted by Gasteiger charge is -2.56. The fraction of sp³-hybridized carbons (Fsp3) is 0.611. The molecule has 1 aromatic carbocycles. The summed E-state index contributed by atoms with van der Waals surface area (Å²) < 4.78 is 22.1. The molecule has 0 N–H and O–H groups in total. The van der Waals surface area contributed by atoms with Crippen LogP contribution in [0.1, 0.15) is 75.5 Å². The van der Waals surface area contributed by atoms with Gasteiger partial charge in [-0.25, -0.2) is 4.39 Å². The second kappa shape index (κ2) is 14.1. The van der Waals surface area contributed by atoms with Crippen LogP contribution in [0.15, 0.2) is 30.6 Å². The molecule has 1 atom stereocenters. The first kappa shape index (κ1) is 33.8. The van der Waals surface area contributed by atoms with E-state index in [0.29, 0.717) is 34.8 Å². The summed E-state index contributed by atoms with van der Waals surface area (Å²) in [5, 5.41) is 1.64. The molecule has 45 heavy (non-hydrogen) atoms. The molecule has 2 aliphatic rings. The van der Waals surface area contributed by atoms with Crippen LogP contribution in [0.3, 0.4) is 0 Å². The molecule has 1 aliphatic heterocycles. The predicted molar refractivity (Wildman–Crippen MR) is 181 cm³/mol. The molecule has 0 bridgehead atoms. The number of fused-ring (bicyclic) bond motifs is 3. The molecular formula is C36H51ClFN5O2. The monoisotopic (exact) mass is 639 g/mol. The van der Waals surface area contributed by atoms with Crippen molar-refractivity contribution < 1.29 is 13.9 Å². The van der Waals surface area contributed by atoms with E-state index in [1.54, 1.807) is 24.3 Å². The van der Waals surface area contributed by atoms with Crippen LogP contribution < -0.4 is 0 Å². The number of halogens is 2. The summed E-state index contributed by atoms with van der Waals surface area (Å²) in [4.78, 5) is 25.1. The highest BCUT2D eigenvalue weighted by molar-refractivity contribution is 6.35. The Morgan fingerprint density at radius 1 is 1.18 bits per heavy atom. The first-order chi connectivity index (χ1) is 21.5. The van der Waals surface area contributed by atoms with Crippen molar-refractivity contribution in [3.8, 4) is 5.69 Å². The van der Waals surface area contributed by atoms with Crippen LogP contribution in [0.2, 0.25) is 5.02 Å². The van der Waals surface area contributed by atoms with Crippen molar-refractivity contribution in [2.45, 2.75) is 78.8 Å². The summed E-state index contributed by atoms with van der Waals surface area (Å²) in [5.41, 5.74) is 4.57. The van der Waals surface area contributed by atoms with Crippen molar-refractivity contribution in [1.82, 2.24) is 24.3 Å². The van der Waals surface area contributed by atoms with E-state index in [4.69, 9.17) is 16.3 Å². The minimum Gasteiger partial charge on any atom is -0.383 e. The molecule has 7 nitrogen and oxygen atoms in total.